The first kappa shape index (κ1) is 16.4. The van der Waals surface area contributed by atoms with E-state index in [2.05, 4.69) is 29.5 Å². The van der Waals surface area contributed by atoms with E-state index in [-0.39, 0.29) is 5.91 Å². The first-order chi connectivity index (χ1) is 9.79. The Kier molecular flexibility index (Phi) is 8.38. The van der Waals surface area contributed by atoms with Crippen LogP contribution in [0, 0.1) is 0 Å². The number of hydrogen-bond acceptors (Lipinski definition) is 4. The molecular formula is C15H25N3O2. The molecule has 1 heterocycles. The van der Waals surface area contributed by atoms with Gasteiger partial charge < -0.3 is 15.4 Å². The summed E-state index contributed by atoms with van der Waals surface area (Å²) in [5.74, 6) is -0.0681. The van der Waals surface area contributed by atoms with Crippen LogP contribution in [0.2, 0.25) is 0 Å². The number of aromatic nitrogens is 1. The molecule has 0 aliphatic carbocycles. The Morgan fingerprint density at radius 3 is 2.85 bits per heavy atom. The standard InChI is InChI=1S/C15H25N3O2/c1-3-7-17-14-12-16-9-6-13(14)15(19)18-8-5-11-20-10-4-2/h6,9,12,17H,3-5,7-8,10-11H2,1-2H3,(H,18,19). The van der Waals surface area contributed by atoms with Crippen molar-refractivity contribution in [2.45, 2.75) is 33.1 Å². The lowest BCUT2D eigenvalue weighted by atomic mass is 10.2. The van der Waals surface area contributed by atoms with Gasteiger partial charge in [0.25, 0.3) is 5.91 Å². The minimum Gasteiger partial charge on any atom is -0.383 e. The van der Waals surface area contributed by atoms with E-state index in [1.807, 2.05) is 0 Å². The zero-order chi connectivity index (χ0) is 14.6. The molecule has 0 aliphatic heterocycles. The molecule has 1 rings (SSSR count). The largest absolute Gasteiger partial charge is 0.383 e. The number of anilines is 1. The van der Waals surface area contributed by atoms with Gasteiger partial charge in [-0.25, -0.2) is 0 Å². The normalized spacial score (nSPS) is 10.3. The molecule has 1 amide bonds. The Hall–Kier alpha value is -1.62. The number of rotatable bonds is 10. The van der Waals surface area contributed by atoms with Crippen LogP contribution in [-0.2, 0) is 4.74 Å². The highest BCUT2D eigenvalue weighted by Gasteiger charge is 2.10. The van der Waals surface area contributed by atoms with Crippen molar-refractivity contribution in [1.29, 1.82) is 0 Å². The first-order valence-corrected chi connectivity index (χ1v) is 7.33. The fraction of sp³-hybridized carbons (Fsp3) is 0.600. The molecule has 2 N–H and O–H groups in total. The summed E-state index contributed by atoms with van der Waals surface area (Å²) >= 11 is 0. The van der Waals surface area contributed by atoms with Crippen LogP contribution >= 0.6 is 0 Å². The summed E-state index contributed by atoms with van der Waals surface area (Å²) < 4.78 is 5.37. The Bertz CT molecular complexity index is 396. The zero-order valence-corrected chi connectivity index (χ0v) is 12.4. The molecular weight excluding hydrogens is 254 g/mol. The lowest BCUT2D eigenvalue weighted by molar-refractivity contribution is 0.0942. The van der Waals surface area contributed by atoms with Crippen molar-refractivity contribution < 1.29 is 9.53 Å². The molecule has 0 fully saturated rings. The van der Waals surface area contributed by atoms with Crippen LogP contribution in [0.25, 0.3) is 0 Å². The van der Waals surface area contributed by atoms with E-state index in [1.165, 1.54) is 0 Å². The Labute approximate surface area is 121 Å². The van der Waals surface area contributed by atoms with Crippen LogP contribution in [0.4, 0.5) is 5.69 Å². The van der Waals surface area contributed by atoms with Gasteiger partial charge in [0.05, 0.1) is 17.4 Å². The van der Waals surface area contributed by atoms with Crippen molar-refractivity contribution >= 4 is 11.6 Å². The predicted molar refractivity (Wildman–Crippen MR) is 81.1 cm³/mol. The van der Waals surface area contributed by atoms with E-state index < -0.39 is 0 Å². The minimum absolute atomic E-state index is 0.0681. The molecule has 0 bridgehead atoms. The van der Waals surface area contributed by atoms with E-state index in [0.717, 1.165) is 38.1 Å². The smallest absolute Gasteiger partial charge is 0.253 e. The maximum Gasteiger partial charge on any atom is 0.253 e. The van der Waals surface area contributed by atoms with E-state index in [1.54, 1.807) is 18.5 Å². The monoisotopic (exact) mass is 279 g/mol. The third kappa shape index (κ3) is 6.02. The highest BCUT2D eigenvalue weighted by Crippen LogP contribution is 2.13. The second-order valence-electron chi connectivity index (χ2n) is 4.57. The van der Waals surface area contributed by atoms with Crippen LogP contribution < -0.4 is 10.6 Å². The van der Waals surface area contributed by atoms with Gasteiger partial charge in [0, 0.05) is 32.5 Å². The number of nitrogens with zero attached hydrogens (tertiary/aromatic N) is 1. The van der Waals surface area contributed by atoms with Crippen molar-refractivity contribution in [2.75, 3.05) is 31.6 Å². The molecule has 0 aromatic carbocycles. The Morgan fingerprint density at radius 1 is 1.25 bits per heavy atom. The summed E-state index contributed by atoms with van der Waals surface area (Å²) in [6, 6.07) is 1.74. The lowest BCUT2D eigenvalue weighted by Crippen LogP contribution is -2.26. The van der Waals surface area contributed by atoms with Gasteiger partial charge in [0.15, 0.2) is 0 Å². The molecule has 1 aromatic heterocycles. The fourth-order valence-electron chi connectivity index (χ4n) is 1.71. The van der Waals surface area contributed by atoms with Gasteiger partial charge in [-0.15, -0.1) is 0 Å². The number of nitrogens with one attached hydrogen (secondary N) is 2. The van der Waals surface area contributed by atoms with Crippen molar-refractivity contribution in [2.24, 2.45) is 0 Å². The van der Waals surface area contributed by atoms with E-state index in [4.69, 9.17) is 4.74 Å². The summed E-state index contributed by atoms with van der Waals surface area (Å²) in [5.41, 5.74) is 1.43. The fourth-order valence-corrected chi connectivity index (χ4v) is 1.71. The average molecular weight is 279 g/mol. The molecule has 5 nitrogen and oxygen atoms in total. The van der Waals surface area contributed by atoms with Crippen LogP contribution in [0.1, 0.15) is 43.5 Å². The molecule has 0 saturated heterocycles. The van der Waals surface area contributed by atoms with E-state index in [9.17, 15) is 4.79 Å². The SMILES string of the molecule is CCCNc1cnccc1C(=O)NCCCOCCC. The first-order valence-electron chi connectivity index (χ1n) is 7.33. The molecule has 20 heavy (non-hydrogen) atoms. The van der Waals surface area contributed by atoms with Gasteiger partial charge >= 0.3 is 0 Å². The van der Waals surface area contributed by atoms with Crippen LogP contribution in [0.5, 0.6) is 0 Å². The number of pyridine rings is 1. The third-order valence-electron chi connectivity index (χ3n) is 2.73. The van der Waals surface area contributed by atoms with Gasteiger partial charge in [0.1, 0.15) is 0 Å². The van der Waals surface area contributed by atoms with Crippen LogP contribution in [-0.4, -0.2) is 37.2 Å². The predicted octanol–water partition coefficient (Wildman–Crippen LogP) is 2.45. The van der Waals surface area contributed by atoms with E-state index in [0.29, 0.717) is 18.7 Å². The summed E-state index contributed by atoms with van der Waals surface area (Å²) in [7, 11) is 0. The number of carbonyl (C=O) groups is 1. The highest BCUT2D eigenvalue weighted by atomic mass is 16.5. The summed E-state index contributed by atoms with van der Waals surface area (Å²) in [6.07, 6.45) is 6.18. The van der Waals surface area contributed by atoms with Gasteiger partial charge in [-0.2, -0.15) is 0 Å². The third-order valence-corrected chi connectivity index (χ3v) is 2.73. The summed E-state index contributed by atoms with van der Waals surface area (Å²) in [5, 5.41) is 6.12. The molecule has 112 valence electrons. The highest BCUT2D eigenvalue weighted by molar-refractivity contribution is 5.99. The second kappa shape index (κ2) is 10.2. The molecule has 0 aliphatic rings. The van der Waals surface area contributed by atoms with Gasteiger partial charge in [-0.1, -0.05) is 13.8 Å². The number of amides is 1. The maximum absolute atomic E-state index is 12.1. The summed E-state index contributed by atoms with van der Waals surface area (Å²) in [4.78, 5) is 16.1. The molecule has 0 spiro atoms. The minimum atomic E-state index is -0.0681. The van der Waals surface area contributed by atoms with E-state index >= 15 is 0 Å². The topological polar surface area (TPSA) is 63.2 Å². The van der Waals surface area contributed by atoms with Gasteiger partial charge in [0.2, 0.25) is 0 Å². The molecule has 0 saturated carbocycles. The molecule has 0 unspecified atom stereocenters. The van der Waals surface area contributed by atoms with Crippen LogP contribution in [0.3, 0.4) is 0 Å². The van der Waals surface area contributed by atoms with Crippen molar-refractivity contribution in [1.82, 2.24) is 10.3 Å². The number of ether oxygens (including phenoxy) is 1. The second-order valence-corrected chi connectivity index (χ2v) is 4.57. The van der Waals surface area contributed by atoms with Crippen LogP contribution in [0.15, 0.2) is 18.5 Å². The maximum atomic E-state index is 12.1. The molecule has 0 atom stereocenters. The zero-order valence-electron chi connectivity index (χ0n) is 12.4. The number of carbonyl (C=O) groups excluding carboxylic acids is 1. The lowest BCUT2D eigenvalue weighted by Gasteiger charge is -2.11. The average Bonchev–Trinajstić information content (AvgIpc) is 2.48. The van der Waals surface area contributed by atoms with Crippen molar-refractivity contribution in [3.8, 4) is 0 Å². The Balaban J connectivity index is 2.38. The van der Waals surface area contributed by atoms with Crippen molar-refractivity contribution in [3.63, 3.8) is 0 Å². The van der Waals surface area contributed by atoms with Crippen molar-refractivity contribution in [3.05, 3.63) is 24.0 Å². The van der Waals surface area contributed by atoms with Gasteiger partial charge in [-0.05, 0) is 25.3 Å². The molecule has 1 aromatic rings. The quantitative estimate of drug-likeness (QED) is 0.646. The molecule has 0 radical (unpaired) electrons. The number of hydrogen-bond donors (Lipinski definition) is 2. The molecule has 5 heteroatoms. The van der Waals surface area contributed by atoms with Gasteiger partial charge in [-0.3, -0.25) is 9.78 Å². The Morgan fingerprint density at radius 2 is 2.10 bits per heavy atom. The summed E-state index contributed by atoms with van der Waals surface area (Å²) in [6.45, 7) is 7.08.